The molecular weight excluding hydrogens is 327 g/mol. The average Bonchev–Trinajstić information content (AvgIpc) is 2.84. The van der Waals surface area contributed by atoms with E-state index in [0.29, 0.717) is 5.56 Å². The summed E-state index contributed by atoms with van der Waals surface area (Å²) in [5.41, 5.74) is 1.05. The van der Waals surface area contributed by atoms with Crippen molar-refractivity contribution in [2.24, 2.45) is 0 Å². The molecular formula is C15H10BrFOS. The van der Waals surface area contributed by atoms with Gasteiger partial charge < -0.3 is 5.11 Å². The fourth-order valence-electron chi connectivity index (χ4n) is 2.12. The van der Waals surface area contributed by atoms with Gasteiger partial charge in [-0.1, -0.05) is 30.3 Å². The lowest BCUT2D eigenvalue weighted by Gasteiger charge is -2.11. The summed E-state index contributed by atoms with van der Waals surface area (Å²) < 4.78 is 15.8. The zero-order valence-electron chi connectivity index (χ0n) is 9.81. The smallest absolute Gasteiger partial charge is 0.129 e. The zero-order chi connectivity index (χ0) is 13.4. The van der Waals surface area contributed by atoms with E-state index < -0.39 is 6.10 Å². The Labute approximate surface area is 122 Å². The Morgan fingerprint density at radius 2 is 1.84 bits per heavy atom. The number of fused-ring (bicyclic) bond motifs is 1. The third-order valence-corrected chi connectivity index (χ3v) is 5.05. The van der Waals surface area contributed by atoms with Crippen LogP contribution in [0.5, 0.6) is 0 Å². The molecule has 0 saturated carbocycles. The molecule has 0 aliphatic carbocycles. The maximum Gasteiger partial charge on any atom is 0.129 e. The second kappa shape index (κ2) is 5.04. The summed E-state index contributed by atoms with van der Waals surface area (Å²) in [4.78, 5) is 0. The molecule has 2 aromatic carbocycles. The number of hydrogen-bond acceptors (Lipinski definition) is 2. The van der Waals surface area contributed by atoms with Crippen molar-refractivity contribution in [3.05, 3.63) is 69.3 Å². The summed E-state index contributed by atoms with van der Waals surface area (Å²) in [6, 6.07) is 12.1. The Morgan fingerprint density at radius 1 is 1.05 bits per heavy atom. The van der Waals surface area contributed by atoms with Gasteiger partial charge in [-0.2, -0.15) is 0 Å². The van der Waals surface area contributed by atoms with Crippen LogP contribution in [0, 0.1) is 5.82 Å². The van der Waals surface area contributed by atoms with Crippen LogP contribution in [0.1, 0.15) is 17.2 Å². The molecule has 0 aliphatic heterocycles. The highest BCUT2D eigenvalue weighted by molar-refractivity contribution is 9.10. The lowest BCUT2D eigenvalue weighted by atomic mass is 10.0. The topological polar surface area (TPSA) is 20.2 Å². The molecule has 0 spiro atoms. The number of aliphatic hydroxyl groups excluding tert-OH is 1. The van der Waals surface area contributed by atoms with Gasteiger partial charge in [0.1, 0.15) is 11.9 Å². The predicted molar refractivity (Wildman–Crippen MR) is 80.0 cm³/mol. The van der Waals surface area contributed by atoms with Gasteiger partial charge in [0, 0.05) is 20.3 Å². The average molecular weight is 337 g/mol. The molecule has 19 heavy (non-hydrogen) atoms. The van der Waals surface area contributed by atoms with Crippen LogP contribution in [0.3, 0.4) is 0 Å². The molecule has 1 aromatic heterocycles. The maximum atomic E-state index is 13.7. The lowest BCUT2D eigenvalue weighted by Crippen LogP contribution is -2.01. The van der Waals surface area contributed by atoms with Crippen molar-refractivity contribution in [2.45, 2.75) is 6.10 Å². The van der Waals surface area contributed by atoms with E-state index in [1.54, 1.807) is 29.5 Å². The molecule has 0 aliphatic rings. The summed E-state index contributed by atoms with van der Waals surface area (Å²) in [5.74, 6) is -0.385. The van der Waals surface area contributed by atoms with Crippen LogP contribution in [0.25, 0.3) is 10.1 Å². The third-order valence-electron chi connectivity index (χ3n) is 3.08. The van der Waals surface area contributed by atoms with Crippen LogP contribution in [0.4, 0.5) is 4.39 Å². The monoisotopic (exact) mass is 336 g/mol. The van der Waals surface area contributed by atoms with E-state index in [4.69, 9.17) is 0 Å². The van der Waals surface area contributed by atoms with Crippen molar-refractivity contribution in [1.29, 1.82) is 0 Å². The molecule has 0 radical (unpaired) electrons. The lowest BCUT2D eigenvalue weighted by molar-refractivity contribution is 0.217. The van der Waals surface area contributed by atoms with Gasteiger partial charge >= 0.3 is 0 Å². The molecule has 0 saturated heterocycles. The van der Waals surface area contributed by atoms with Crippen molar-refractivity contribution in [3.63, 3.8) is 0 Å². The van der Waals surface area contributed by atoms with E-state index in [1.807, 2.05) is 23.6 Å². The van der Waals surface area contributed by atoms with Crippen molar-refractivity contribution in [1.82, 2.24) is 0 Å². The van der Waals surface area contributed by atoms with E-state index in [0.717, 1.165) is 20.1 Å². The summed E-state index contributed by atoms with van der Waals surface area (Å²) >= 11 is 5.02. The molecule has 0 fully saturated rings. The minimum Gasteiger partial charge on any atom is -0.383 e. The van der Waals surface area contributed by atoms with Crippen molar-refractivity contribution >= 4 is 37.4 Å². The summed E-state index contributed by atoms with van der Waals surface area (Å²) in [6.45, 7) is 0. The molecule has 0 bridgehead atoms. The minimum atomic E-state index is -0.941. The molecule has 0 amide bonds. The van der Waals surface area contributed by atoms with E-state index in [9.17, 15) is 9.50 Å². The van der Waals surface area contributed by atoms with Crippen LogP contribution >= 0.6 is 27.3 Å². The Bertz CT molecular complexity index is 738. The van der Waals surface area contributed by atoms with Crippen molar-refractivity contribution in [2.75, 3.05) is 0 Å². The maximum absolute atomic E-state index is 13.7. The highest BCUT2D eigenvalue weighted by Crippen LogP contribution is 2.37. The fourth-order valence-corrected chi connectivity index (χ4v) is 3.76. The van der Waals surface area contributed by atoms with E-state index in [2.05, 4.69) is 15.9 Å². The second-order valence-electron chi connectivity index (χ2n) is 4.23. The standard InChI is InChI=1S/C15H10BrFOS/c16-12-6-3-5-9-11(8-19-15(9)12)14(18)10-4-1-2-7-13(10)17/h1-8,14,18H. The van der Waals surface area contributed by atoms with Gasteiger partial charge in [0.15, 0.2) is 0 Å². The van der Waals surface area contributed by atoms with Crippen LogP contribution < -0.4 is 0 Å². The first-order chi connectivity index (χ1) is 9.18. The highest BCUT2D eigenvalue weighted by Gasteiger charge is 2.18. The Kier molecular flexibility index (Phi) is 3.39. The number of rotatable bonds is 2. The van der Waals surface area contributed by atoms with E-state index in [1.165, 1.54) is 6.07 Å². The van der Waals surface area contributed by atoms with Gasteiger partial charge in [-0.25, -0.2) is 4.39 Å². The number of halogens is 2. The predicted octanol–water partition coefficient (Wildman–Crippen LogP) is 4.88. The van der Waals surface area contributed by atoms with Gasteiger partial charge in [-0.05, 0) is 38.8 Å². The SMILES string of the molecule is OC(c1ccccc1F)c1csc2c(Br)cccc12. The van der Waals surface area contributed by atoms with Crippen LogP contribution in [-0.2, 0) is 0 Å². The van der Waals surface area contributed by atoms with Crippen molar-refractivity contribution in [3.8, 4) is 0 Å². The molecule has 1 unspecified atom stereocenters. The molecule has 1 heterocycles. The van der Waals surface area contributed by atoms with Crippen molar-refractivity contribution < 1.29 is 9.50 Å². The normalized spacial score (nSPS) is 12.8. The van der Waals surface area contributed by atoms with Gasteiger partial charge in [0.25, 0.3) is 0 Å². The zero-order valence-corrected chi connectivity index (χ0v) is 12.2. The Balaban J connectivity index is 2.15. The summed E-state index contributed by atoms with van der Waals surface area (Å²) in [6.07, 6.45) is -0.941. The van der Waals surface area contributed by atoms with Gasteiger partial charge in [0.05, 0.1) is 0 Å². The van der Waals surface area contributed by atoms with Gasteiger partial charge in [-0.15, -0.1) is 11.3 Å². The summed E-state index contributed by atoms with van der Waals surface area (Å²) in [7, 11) is 0. The Morgan fingerprint density at radius 3 is 2.63 bits per heavy atom. The summed E-state index contributed by atoms with van der Waals surface area (Å²) in [5, 5.41) is 13.2. The quantitative estimate of drug-likeness (QED) is 0.706. The largest absolute Gasteiger partial charge is 0.383 e. The molecule has 1 atom stereocenters. The number of aliphatic hydroxyl groups is 1. The first-order valence-corrected chi connectivity index (χ1v) is 7.44. The number of benzene rings is 2. The van der Waals surface area contributed by atoms with Gasteiger partial charge in [0.2, 0.25) is 0 Å². The molecule has 3 aromatic rings. The third kappa shape index (κ3) is 2.20. The highest BCUT2D eigenvalue weighted by atomic mass is 79.9. The van der Waals surface area contributed by atoms with Crippen LogP contribution in [-0.4, -0.2) is 5.11 Å². The first-order valence-electron chi connectivity index (χ1n) is 5.76. The van der Waals surface area contributed by atoms with E-state index >= 15 is 0 Å². The molecule has 3 rings (SSSR count). The van der Waals surface area contributed by atoms with E-state index in [-0.39, 0.29) is 5.82 Å². The molecule has 1 nitrogen and oxygen atoms in total. The molecule has 1 N–H and O–H groups in total. The van der Waals surface area contributed by atoms with Gasteiger partial charge in [-0.3, -0.25) is 0 Å². The second-order valence-corrected chi connectivity index (χ2v) is 5.97. The molecule has 96 valence electrons. The van der Waals surface area contributed by atoms with Crippen LogP contribution in [0.2, 0.25) is 0 Å². The molecule has 4 heteroatoms. The fraction of sp³-hybridized carbons (Fsp3) is 0.0667. The Hall–Kier alpha value is -1.23. The minimum absolute atomic E-state index is 0.308. The number of thiophene rings is 1. The number of hydrogen-bond donors (Lipinski definition) is 1. The first kappa shape index (κ1) is 12.8. The van der Waals surface area contributed by atoms with Crippen LogP contribution in [0.15, 0.2) is 52.3 Å².